The highest BCUT2D eigenvalue weighted by molar-refractivity contribution is 7.89. The minimum absolute atomic E-state index is 0.0225. The molecule has 0 aliphatic carbocycles. The van der Waals surface area contributed by atoms with Crippen LogP contribution < -0.4 is 14.8 Å². The van der Waals surface area contributed by atoms with Gasteiger partial charge >= 0.3 is 0 Å². The first-order valence-electron chi connectivity index (χ1n) is 11.3. The van der Waals surface area contributed by atoms with E-state index in [1.807, 2.05) is 39.0 Å². The maximum absolute atomic E-state index is 13.1. The van der Waals surface area contributed by atoms with Gasteiger partial charge in [0.25, 0.3) is 0 Å². The quantitative estimate of drug-likeness (QED) is 0.715. The molecule has 2 aliphatic heterocycles. The lowest BCUT2D eigenvalue weighted by Gasteiger charge is -2.39. The Balaban J connectivity index is 1.41. The Morgan fingerprint density at radius 3 is 2.42 bits per heavy atom. The molecule has 1 amide bonds. The molecule has 1 N–H and O–H groups in total. The number of fused-ring (bicyclic) bond motifs is 1. The molecular weight excluding hydrogens is 440 g/mol. The van der Waals surface area contributed by atoms with Crippen LogP contribution in [0.2, 0.25) is 0 Å². The standard InChI is InChI=1S/C25H32N2O5S/c1-17-5-10-21-22(16-25(2,3)32-23(21)15-17)26-24(28)18-11-13-27(14-12-18)33(29,30)20-8-6-19(31-4)7-9-20/h5-10,15,18,22H,11-14,16H2,1-4H3,(H,26,28)/t22-/m1/s1. The first-order chi connectivity index (χ1) is 15.6. The summed E-state index contributed by atoms with van der Waals surface area (Å²) in [6.45, 7) is 6.72. The Hall–Kier alpha value is -2.58. The largest absolute Gasteiger partial charge is 0.497 e. The van der Waals surface area contributed by atoms with Crippen molar-refractivity contribution in [1.29, 1.82) is 0 Å². The van der Waals surface area contributed by atoms with Crippen molar-refractivity contribution in [2.45, 2.75) is 56.6 Å². The summed E-state index contributed by atoms with van der Waals surface area (Å²) in [6.07, 6.45) is 1.67. The average molecular weight is 473 g/mol. The van der Waals surface area contributed by atoms with Gasteiger partial charge in [-0.1, -0.05) is 12.1 Å². The van der Waals surface area contributed by atoms with Crippen molar-refractivity contribution in [2.75, 3.05) is 20.2 Å². The van der Waals surface area contributed by atoms with Crippen LogP contribution in [-0.4, -0.2) is 44.4 Å². The number of ether oxygens (including phenoxy) is 2. The second-order valence-electron chi connectivity index (χ2n) is 9.52. The van der Waals surface area contributed by atoms with Gasteiger partial charge in [0, 0.05) is 31.0 Å². The maximum Gasteiger partial charge on any atom is 0.243 e. The molecule has 7 nitrogen and oxygen atoms in total. The molecule has 178 valence electrons. The Kier molecular flexibility index (Phi) is 6.42. The number of carbonyl (C=O) groups is 1. The van der Waals surface area contributed by atoms with Crippen molar-refractivity contribution in [3.8, 4) is 11.5 Å². The summed E-state index contributed by atoms with van der Waals surface area (Å²) in [5.41, 5.74) is 1.73. The highest BCUT2D eigenvalue weighted by Crippen LogP contribution is 2.40. The first kappa shape index (κ1) is 23.6. The van der Waals surface area contributed by atoms with E-state index in [9.17, 15) is 13.2 Å². The fraction of sp³-hybridized carbons (Fsp3) is 0.480. The number of benzene rings is 2. The van der Waals surface area contributed by atoms with Gasteiger partial charge in [0.1, 0.15) is 17.1 Å². The second kappa shape index (κ2) is 8.99. The Bertz CT molecular complexity index is 1120. The van der Waals surface area contributed by atoms with E-state index in [-0.39, 0.29) is 28.4 Å². The summed E-state index contributed by atoms with van der Waals surface area (Å²) in [5, 5.41) is 3.22. The normalized spacial score (nSPS) is 21.0. The molecule has 2 aromatic rings. The number of piperidine rings is 1. The molecule has 0 aromatic heterocycles. The summed E-state index contributed by atoms with van der Waals surface area (Å²) in [5.74, 6) is 1.19. The zero-order valence-corrected chi connectivity index (χ0v) is 20.4. The summed E-state index contributed by atoms with van der Waals surface area (Å²) in [7, 11) is -2.05. The third kappa shape index (κ3) is 5.01. The molecule has 2 aromatic carbocycles. The van der Waals surface area contributed by atoms with Crippen molar-refractivity contribution < 1.29 is 22.7 Å². The predicted molar refractivity (Wildman–Crippen MR) is 126 cm³/mol. The number of methoxy groups -OCH3 is 1. The van der Waals surface area contributed by atoms with Crippen LogP contribution in [0.15, 0.2) is 47.4 Å². The molecule has 0 unspecified atom stereocenters. The lowest BCUT2D eigenvalue weighted by Crippen LogP contribution is -2.46. The van der Waals surface area contributed by atoms with Gasteiger partial charge in [-0.05, 0) is 69.5 Å². The van der Waals surface area contributed by atoms with Crippen LogP contribution in [0.3, 0.4) is 0 Å². The third-order valence-electron chi connectivity index (χ3n) is 6.46. The van der Waals surface area contributed by atoms with Gasteiger partial charge in [0.2, 0.25) is 15.9 Å². The van der Waals surface area contributed by atoms with Gasteiger partial charge in [-0.25, -0.2) is 8.42 Å². The fourth-order valence-corrected chi connectivity index (χ4v) is 6.10. The van der Waals surface area contributed by atoms with E-state index in [1.54, 1.807) is 31.4 Å². The number of hydrogen-bond donors (Lipinski definition) is 1. The molecule has 0 bridgehead atoms. The molecule has 33 heavy (non-hydrogen) atoms. The third-order valence-corrected chi connectivity index (χ3v) is 8.38. The number of amides is 1. The van der Waals surface area contributed by atoms with Crippen LogP contribution in [0, 0.1) is 12.8 Å². The van der Waals surface area contributed by atoms with E-state index in [2.05, 4.69) is 5.32 Å². The van der Waals surface area contributed by atoms with Gasteiger partial charge in [-0.2, -0.15) is 4.31 Å². The van der Waals surface area contributed by atoms with Crippen LogP contribution in [0.5, 0.6) is 11.5 Å². The monoisotopic (exact) mass is 472 g/mol. The minimum Gasteiger partial charge on any atom is -0.497 e. The molecule has 0 radical (unpaired) electrons. The van der Waals surface area contributed by atoms with Gasteiger partial charge in [0.05, 0.1) is 18.0 Å². The van der Waals surface area contributed by atoms with Crippen molar-refractivity contribution in [1.82, 2.24) is 9.62 Å². The molecular formula is C25H32N2O5S. The number of nitrogens with zero attached hydrogens (tertiary/aromatic N) is 1. The molecule has 0 spiro atoms. The van der Waals surface area contributed by atoms with Gasteiger partial charge in [-0.15, -0.1) is 0 Å². The van der Waals surface area contributed by atoms with Gasteiger partial charge in [0.15, 0.2) is 0 Å². The zero-order valence-electron chi connectivity index (χ0n) is 19.6. The fourth-order valence-electron chi connectivity index (χ4n) is 4.63. The van der Waals surface area contributed by atoms with E-state index in [0.717, 1.165) is 16.9 Å². The molecule has 0 saturated carbocycles. The van der Waals surface area contributed by atoms with Gasteiger partial charge < -0.3 is 14.8 Å². The Morgan fingerprint density at radius 1 is 1.12 bits per heavy atom. The molecule has 8 heteroatoms. The highest BCUT2D eigenvalue weighted by Gasteiger charge is 2.37. The summed E-state index contributed by atoms with van der Waals surface area (Å²) < 4.78 is 38.7. The highest BCUT2D eigenvalue weighted by atomic mass is 32.2. The lowest BCUT2D eigenvalue weighted by atomic mass is 9.88. The topological polar surface area (TPSA) is 84.9 Å². The molecule has 2 aliphatic rings. The van der Waals surface area contributed by atoms with Crippen molar-refractivity contribution in [3.63, 3.8) is 0 Å². The molecule has 1 atom stereocenters. The summed E-state index contributed by atoms with van der Waals surface area (Å²) in [6, 6.07) is 12.3. The number of nitrogens with one attached hydrogen (secondary N) is 1. The number of sulfonamides is 1. The average Bonchev–Trinajstić information content (AvgIpc) is 2.78. The van der Waals surface area contributed by atoms with Crippen LogP contribution in [-0.2, 0) is 14.8 Å². The summed E-state index contributed by atoms with van der Waals surface area (Å²) in [4.78, 5) is 13.4. The van der Waals surface area contributed by atoms with Crippen molar-refractivity contribution >= 4 is 15.9 Å². The SMILES string of the molecule is COc1ccc(S(=O)(=O)N2CCC(C(=O)N[C@@H]3CC(C)(C)Oc4cc(C)ccc43)CC2)cc1. The molecule has 1 fully saturated rings. The Labute approximate surface area is 196 Å². The van der Waals surface area contributed by atoms with E-state index in [0.29, 0.717) is 38.1 Å². The van der Waals surface area contributed by atoms with E-state index >= 15 is 0 Å². The predicted octanol–water partition coefficient (Wildman–Crippen LogP) is 3.82. The van der Waals surface area contributed by atoms with E-state index in [1.165, 1.54) is 4.31 Å². The zero-order chi connectivity index (χ0) is 23.8. The van der Waals surface area contributed by atoms with Crippen LogP contribution >= 0.6 is 0 Å². The number of rotatable bonds is 5. The lowest BCUT2D eigenvalue weighted by molar-refractivity contribution is -0.127. The summed E-state index contributed by atoms with van der Waals surface area (Å²) >= 11 is 0. The van der Waals surface area contributed by atoms with Crippen LogP contribution in [0.1, 0.15) is 50.3 Å². The smallest absolute Gasteiger partial charge is 0.243 e. The number of carbonyl (C=O) groups excluding carboxylic acids is 1. The van der Waals surface area contributed by atoms with Crippen molar-refractivity contribution in [3.05, 3.63) is 53.6 Å². The first-order valence-corrected chi connectivity index (χ1v) is 12.8. The van der Waals surface area contributed by atoms with Crippen LogP contribution in [0.4, 0.5) is 0 Å². The number of aryl methyl sites for hydroxylation is 1. The van der Waals surface area contributed by atoms with Crippen LogP contribution in [0.25, 0.3) is 0 Å². The minimum atomic E-state index is -3.59. The molecule has 2 heterocycles. The maximum atomic E-state index is 13.1. The number of hydrogen-bond acceptors (Lipinski definition) is 5. The molecule has 4 rings (SSSR count). The Morgan fingerprint density at radius 2 is 1.79 bits per heavy atom. The molecule has 1 saturated heterocycles. The van der Waals surface area contributed by atoms with Gasteiger partial charge in [-0.3, -0.25) is 4.79 Å². The van der Waals surface area contributed by atoms with Crippen molar-refractivity contribution in [2.24, 2.45) is 5.92 Å². The van der Waals surface area contributed by atoms with E-state index < -0.39 is 10.0 Å². The second-order valence-corrected chi connectivity index (χ2v) is 11.5. The van der Waals surface area contributed by atoms with E-state index in [4.69, 9.17) is 9.47 Å².